The summed E-state index contributed by atoms with van der Waals surface area (Å²) in [7, 11) is 0. The first-order valence-electron chi connectivity index (χ1n) is 6.93. The van der Waals surface area contributed by atoms with Gasteiger partial charge >= 0.3 is 5.97 Å². The van der Waals surface area contributed by atoms with Gasteiger partial charge in [0.1, 0.15) is 11.5 Å². The zero-order valence-electron chi connectivity index (χ0n) is 11.5. The molecule has 21 heavy (non-hydrogen) atoms. The van der Waals surface area contributed by atoms with E-state index in [9.17, 15) is 4.79 Å². The van der Waals surface area contributed by atoms with Crippen molar-refractivity contribution >= 4 is 5.97 Å². The second kappa shape index (κ2) is 5.87. The fraction of sp³-hybridized carbons (Fsp3) is 0.235. The molecule has 0 radical (unpaired) electrons. The second-order valence-electron chi connectivity index (χ2n) is 4.97. The molecule has 0 atom stereocenters. The lowest BCUT2D eigenvalue weighted by molar-refractivity contribution is 0.0697. The van der Waals surface area contributed by atoms with Gasteiger partial charge in [0.15, 0.2) is 0 Å². The Morgan fingerprint density at radius 3 is 2.76 bits per heavy atom. The number of carboxylic acids is 1. The third kappa shape index (κ3) is 3.16. The number of fused-ring (bicyclic) bond motifs is 1. The number of hydrogen-bond donors (Lipinski definition) is 1. The fourth-order valence-corrected chi connectivity index (χ4v) is 2.38. The first kappa shape index (κ1) is 13.5. The lowest BCUT2D eigenvalue weighted by atomic mass is 10.1. The van der Waals surface area contributed by atoms with Gasteiger partial charge in [-0.25, -0.2) is 4.79 Å². The normalized spacial score (nSPS) is 12.6. The molecule has 0 amide bonds. The van der Waals surface area contributed by atoms with Crippen molar-refractivity contribution in [2.45, 2.75) is 12.8 Å². The van der Waals surface area contributed by atoms with E-state index in [2.05, 4.69) is 12.1 Å². The predicted octanol–water partition coefficient (Wildman–Crippen LogP) is 2.94. The molecule has 0 bridgehead atoms. The Bertz CT molecular complexity index is 646. The Labute approximate surface area is 122 Å². The third-order valence-electron chi connectivity index (χ3n) is 3.51. The van der Waals surface area contributed by atoms with Gasteiger partial charge in [-0.2, -0.15) is 0 Å². The van der Waals surface area contributed by atoms with E-state index in [1.807, 2.05) is 6.07 Å². The Balaban J connectivity index is 1.55. The summed E-state index contributed by atoms with van der Waals surface area (Å²) in [6.45, 7) is 1.33. The monoisotopic (exact) mass is 284 g/mol. The Morgan fingerprint density at radius 1 is 1.19 bits per heavy atom. The SMILES string of the molecule is O=C(O)c1ccc(OCCc2ccc3c(c2)CCO3)cc1. The van der Waals surface area contributed by atoms with E-state index in [0.29, 0.717) is 12.4 Å². The minimum atomic E-state index is -0.929. The van der Waals surface area contributed by atoms with E-state index < -0.39 is 5.97 Å². The van der Waals surface area contributed by atoms with E-state index in [4.69, 9.17) is 14.6 Å². The number of hydrogen-bond acceptors (Lipinski definition) is 3. The quantitative estimate of drug-likeness (QED) is 0.917. The smallest absolute Gasteiger partial charge is 0.335 e. The van der Waals surface area contributed by atoms with Crippen LogP contribution in [0.3, 0.4) is 0 Å². The highest BCUT2D eigenvalue weighted by Crippen LogP contribution is 2.26. The van der Waals surface area contributed by atoms with Crippen molar-refractivity contribution in [3.05, 3.63) is 59.2 Å². The van der Waals surface area contributed by atoms with Crippen LogP contribution >= 0.6 is 0 Å². The summed E-state index contributed by atoms with van der Waals surface area (Å²) < 4.78 is 11.1. The molecule has 4 heteroatoms. The van der Waals surface area contributed by atoms with Crippen molar-refractivity contribution in [2.24, 2.45) is 0 Å². The molecular formula is C17H16O4. The maximum Gasteiger partial charge on any atom is 0.335 e. The molecule has 4 nitrogen and oxygen atoms in total. The maximum absolute atomic E-state index is 10.8. The number of carbonyl (C=O) groups is 1. The van der Waals surface area contributed by atoms with Gasteiger partial charge in [-0.15, -0.1) is 0 Å². The molecule has 2 aromatic carbocycles. The topological polar surface area (TPSA) is 55.8 Å². The van der Waals surface area contributed by atoms with Crippen LogP contribution in [0.5, 0.6) is 11.5 Å². The molecule has 108 valence electrons. The summed E-state index contributed by atoms with van der Waals surface area (Å²) in [5.41, 5.74) is 2.75. The summed E-state index contributed by atoms with van der Waals surface area (Å²) in [5.74, 6) is 0.746. The van der Waals surface area contributed by atoms with Crippen molar-refractivity contribution in [2.75, 3.05) is 13.2 Å². The first-order chi connectivity index (χ1) is 10.2. The minimum Gasteiger partial charge on any atom is -0.493 e. The molecule has 0 saturated heterocycles. The molecule has 1 N–H and O–H groups in total. The van der Waals surface area contributed by atoms with Gasteiger partial charge in [0.2, 0.25) is 0 Å². The molecule has 3 rings (SSSR count). The third-order valence-corrected chi connectivity index (χ3v) is 3.51. The molecule has 0 fully saturated rings. The van der Waals surface area contributed by atoms with Crippen molar-refractivity contribution in [3.63, 3.8) is 0 Å². The zero-order chi connectivity index (χ0) is 14.7. The molecule has 1 aliphatic heterocycles. The molecule has 0 unspecified atom stereocenters. The van der Waals surface area contributed by atoms with Crippen molar-refractivity contribution in [3.8, 4) is 11.5 Å². The fourth-order valence-electron chi connectivity index (χ4n) is 2.38. The van der Waals surface area contributed by atoms with Gasteiger partial charge in [-0.05, 0) is 41.5 Å². The molecule has 0 saturated carbocycles. The Kier molecular flexibility index (Phi) is 3.77. The molecular weight excluding hydrogens is 268 g/mol. The second-order valence-corrected chi connectivity index (χ2v) is 4.97. The van der Waals surface area contributed by atoms with Crippen LogP contribution in [0, 0.1) is 0 Å². The largest absolute Gasteiger partial charge is 0.493 e. The van der Waals surface area contributed by atoms with Crippen LogP contribution in [0.1, 0.15) is 21.5 Å². The molecule has 2 aromatic rings. The van der Waals surface area contributed by atoms with Gasteiger partial charge < -0.3 is 14.6 Å². The lowest BCUT2D eigenvalue weighted by Gasteiger charge is -2.07. The minimum absolute atomic E-state index is 0.265. The average molecular weight is 284 g/mol. The number of ether oxygens (including phenoxy) is 2. The molecule has 0 aromatic heterocycles. The average Bonchev–Trinajstić information content (AvgIpc) is 2.95. The molecule has 0 aliphatic carbocycles. The standard InChI is InChI=1S/C17H16O4/c18-17(19)13-2-4-15(5-3-13)20-9-7-12-1-6-16-14(11-12)8-10-21-16/h1-6,11H,7-10H2,(H,18,19). The summed E-state index contributed by atoms with van der Waals surface area (Å²) in [4.78, 5) is 10.8. The highest BCUT2D eigenvalue weighted by Gasteiger charge is 2.11. The predicted molar refractivity (Wildman–Crippen MR) is 78.2 cm³/mol. The van der Waals surface area contributed by atoms with Crippen molar-refractivity contribution in [1.29, 1.82) is 0 Å². The summed E-state index contributed by atoms with van der Waals surface area (Å²) in [6, 6.07) is 12.7. The van der Waals surface area contributed by atoms with Crippen LogP contribution in [0.15, 0.2) is 42.5 Å². The highest BCUT2D eigenvalue weighted by atomic mass is 16.5. The summed E-state index contributed by atoms with van der Waals surface area (Å²) >= 11 is 0. The number of rotatable bonds is 5. The van der Waals surface area contributed by atoms with Crippen LogP contribution in [-0.2, 0) is 12.8 Å². The van der Waals surface area contributed by atoms with E-state index in [-0.39, 0.29) is 5.56 Å². The van der Waals surface area contributed by atoms with Gasteiger partial charge in [-0.1, -0.05) is 12.1 Å². The summed E-state index contributed by atoms with van der Waals surface area (Å²) in [5, 5.41) is 8.83. The number of aromatic carboxylic acids is 1. The molecule has 1 aliphatic rings. The Morgan fingerprint density at radius 2 is 2.00 bits per heavy atom. The maximum atomic E-state index is 10.8. The zero-order valence-corrected chi connectivity index (χ0v) is 11.5. The van der Waals surface area contributed by atoms with E-state index in [0.717, 1.165) is 25.2 Å². The first-order valence-corrected chi connectivity index (χ1v) is 6.93. The van der Waals surface area contributed by atoms with Gasteiger partial charge in [0, 0.05) is 12.8 Å². The van der Waals surface area contributed by atoms with Crippen LogP contribution in [0.4, 0.5) is 0 Å². The lowest BCUT2D eigenvalue weighted by Crippen LogP contribution is -2.02. The van der Waals surface area contributed by atoms with E-state index >= 15 is 0 Å². The number of benzene rings is 2. The van der Waals surface area contributed by atoms with Crippen molar-refractivity contribution in [1.82, 2.24) is 0 Å². The van der Waals surface area contributed by atoms with Crippen LogP contribution in [-0.4, -0.2) is 24.3 Å². The van der Waals surface area contributed by atoms with Crippen LogP contribution < -0.4 is 9.47 Å². The van der Waals surface area contributed by atoms with Gasteiger partial charge in [0.25, 0.3) is 0 Å². The highest BCUT2D eigenvalue weighted by molar-refractivity contribution is 5.87. The number of carboxylic acid groups (broad SMARTS) is 1. The van der Waals surface area contributed by atoms with E-state index in [1.54, 1.807) is 24.3 Å². The van der Waals surface area contributed by atoms with E-state index in [1.165, 1.54) is 11.1 Å². The van der Waals surface area contributed by atoms with Crippen LogP contribution in [0.2, 0.25) is 0 Å². The summed E-state index contributed by atoms with van der Waals surface area (Å²) in [6.07, 6.45) is 1.79. The molecule has 1 heterocycles. The van der Waals surface area contributed by atoms with Crippen LogP contribution in [0.25, 0.3) is 0 Å². The van der Waals surface area contributed by atoms with Gasteiger partial charge in [0.05, 0.1) is 18.8 Å². The molecule has 0 spiro atoms. The Hall–Kier alpha value is -2.49. The van der Waals surface area contributed by atoms with Crippen molar-refractivity contribution < 1.29 is 19.4 Å². The van der Waals surface area contributed by atoms with Gasteiger partial charge in [-0.3, -0.25) is 0 Å².